The number of halogens is 1. The summed E-state index contributed by atoms with van der Waals surface area (Å²) in [4.78, 5) is 3.54. The predicted molar refractivity (Wildman–Crippen MR) is 35.2 cm³/mol. The fraction of sp³-hybridized carbons (Fsp3) is 0. The number of hydrogen-bond donors (Lipinski definition) is 1. The number of hydrazone groups is 1. The average Bonchev–Trinajstić information content (AvgIpc) is 1.61. The van der Waals surface area contributed by atoms with Crippen LogP contribution >= 0.6 is 22.6 Å². The summed E-state index contributed by atoms with van der Waals surface area (Å²) >= 11 is 1.97. The fourth-order valence-corrected chi connectivity index (χ4v) is 0.208. The molecule has 0 amide bonds. The first-order valence-corrected chi connectivity index (χ1v) is 2.50. The normalized spacial score (nSPS) is 11.5. The van der Waals surface area contributed by atoms with Crippen LogP contribution in [0.4, 0.5) is 0 Å². The van der Waals surface area contributed by atoms with Crippen molar-refractivity contribution in [3.63, 3.8) is 0 Å². The summed E-state index contributed by atoms with van der Waals surface area (Å²) in [6, 6.07) is 0. The van der Waals surface area contributed by atoms with Crippen LogP contribution in [0.5, 0.6) is 0 Å². The van der Waals surface area contributed by atoms with E-state index in [2.05, 4.69) is 15.9 Å². The van der Waals surface area contributed by atoms with Gasteiger partial charge in [-0.15, -0.1) is 0 Å². The molecule has 0 unspecified atom stereocenters. The van der Waals surface area contributed by atoms with Crippen molar-refractivity contribution >= 4 is 33.2 Å². The summed E-state index contributed by atoms with van der Waals surface area (Å²) in [6.45, 7) is 0. The van der Waals surface area contributed by atoms with Gasteiger partial charge in [0.25, 0.3) is 0 Å². The molecule has 0 aromatic heterocycles. The Morgan fingerprint density at radius 1 is 1.67 bits per heavy atom. The van der Waals surface area contributed by atoms with Crippen LogP contribution in [0.2, 0.25) is 0 Å². The van der Waals surface area contributed by atoms with Gasteiger partial charge < -0.3 is 5.84 Å². The molecule has 0 aromatic carbocycles. The van der Waals surface area contributed by atoms with Crippen LogP contribution in [0.25, 0.3) is 0 Å². The van der Waals surface area contributed by atoms with Crippen LogP contribution in [0.15, 0.2) is 10.1 Å². The minimum atomic E-state index is 1.27. The first-order chi connectivity index (χ1) is 2.91. The number of aliphatic imine (C=N–C) groups is 1. The minimum absolute atomic E-state index is 1.27. The molecule has 0 bridgehead atoms. The second kappa shape index (κ2) is 4.87. The zero-order valence-electron chi connectivity index (χ0n) is 3.00. The molecular formula is C2H4IN3. The number of rotatable bonds is 1. The average molecular weight is 197 g/mol. The summed E-state index contributed by atoms with van der Waals surface area (Å²) < 4.78 is 1.58. The van der Waals surface area contributed by atoms with Crippen molar-refractivity contribution in [2.24, 2.45) is 15.9 Å². The number of nitrogens with zero attached hydrogens (tertiary/aromatic N) is 2. The third-order valence-corrected chi connectivity index (χ3v) is 0.511. The molecule has 34 valence electrons. The first kappa shape index (κ1) is 5.87. The Labute approximate surface area is 49.5 Å². The van der Waals surface area contributed by atoms with Gasteiger partial charge in [0.15, 0.2) is 0 Å². The van der Waals surface area contributed by atoms with Crippen LogP contribution in [-0.4, -0.2) is 10.6 Å². The molecule has 0 aromatic rings. The molecule has 0 saturated carbocycles. The lowest BCUT2D eigenvalue weighted by Crippen LogP contribution is -1.76. The van der Waals surface area contributed by atoms with Crippen LogP contribution < -0.4 is 5.84 Å². The van der Waals surface area contributed by atoms with E-state index < -0.39 is 0 Å². The highest BCUT2D eigenvalue weighted by molar-refractivity contribution is 14.1. The van der Waals surface area contributed by atoms with Crippen LogP contribution in [0, 0.1) is 0 Å². The van der Waals surface area contributed by atoms with E-state index in [1.54, 1.807) is 4.22 Å². The van der Waals surface area contributed by atoms with Gasteiger partial charge in [0.1, 0.15) is 6.34 Å². The summed E-state index contributed by atoms with van der Waals surface area (Å²) in [5.41, 5.74) is 0. The van der Waals surface area contributed by atoms with Crippen molar-refractivity contribution in [1.29, 1.82) is 0 Å². The highest BCUT2D eigenvalue weighted by Crippen LogP contribution is 1.66. The molecule has 0 aliphatic carbocycles. The van der Waals surface area contributed by atoms with Crippen LogP contribution in [0.3, 0.4) is 0 Å². The molecule has 4 heteroatoms. The van der Waals surface area contributed by atoms with Crippen molar-refractivity contribution in [2.45, 2.75) is 0 Å². The van der Waals surface area contributed by atoms with E-state index >= 15 is 0 Å². The second-order valence-electron chi connectivity index (χ2n) is 0.511. The van der Waals surface area contributed by atoms with Crippen LogP contribution in [0.1, 0.15) is 0 Å². The molecule has 0 rings (SSSR count). The Kier molecular flexibility index (Phi) is 4.76. The largest absolute Gasteiger partial charge is 0.322 e. The Balaban J connectivity index is 3.07. The lowest BCUT2D eigenvalue weighted by molar-refractivity contribution is 1.26. The van der Waals surface area contributed by atoms with Crippen molar-refractivity contribution in [2.75, 3.05) is 0 Å². The zero-order valence-corrected chi connectivity index (χ0v) is 5.16. The lowest BCUT2D eigenvalue weighted by atomic mass is 11.3. The second-order valence-corrected chi connectivity index (χ2v) is 1.07. The molecule has 0 heterocycles. The number of hydrogen-bond acceptors (Lipinski definition) is 2. The molecule has 0 fully saturated rings. The standard InChI is InChI=1S/C2H4IN3/c3-1-5-2-6-4/h1-2H,4H2/b5-1-,6-2-. The molecule has 2 N–H and O–H groups in total. The van der Waals surface area contributed by atoms with Crippen molar-refractivity contribution in [3.8, 4) is 0 Å². The van der Waals surface area contributed by atoms with Gasteiger partial charge in [-0.3, -0.25) is 0 Å². The minimum Gasteiger partial charge on any atom is -0.322 e. The maximum absolute atomic E-state index is 4.67. The van der Waals surface area contributed by atoms with Gasteiger partial charge in [-0.25, -0.2) is 4.99 Å². The van der Waals surface area contributed by atoms with Crippen molar-refractivity contribution in [3.05, 3.63) is 0 Å². The number of nitrogens with two attached hydrogens (primary N) is 1. The maximum atomic E-state index is 4.67. The summed E-state index contributed by atoms with van der Waals surface area (Å²) in [5, 5.41) is 3.10. The summed E-state index contributed by atoms with van der Waals surface area (Å²) in [7, 11) is 0. The van der Waals surface area contributed by atoms with E-state index in [4.69, 9.17) is 0 Å². The Morgan fingerprint density at radius 2 is 2.33 bits per heavy atom. The fourth-order valence-electron chi connectivity index (χ4n) is 0.0637. The van der Waals surface area contributed by atoms with Crippen LogP contribution in [-0.2, 0) is 0 Å². The van der Waals surface area contributed by atoms with Gasteiger partial charge in [0, 0.05) is 0 Å². The third-order valence-electron chi connectivity index (χ3n) is 0.190. The highest BCUT2D eigenvalue weighted by atomic mass is 127. The Morgan fingerprint density at radius 3 is 2.50 bits per heavy atom. The van der Waals surface area contributed by atoms with Crippen molar-refractivity contribution in [1.82, 2.24) is 0 Å². The summed E-state index contributed by atoms with van der Waals surface area (Å²) in [6.07, 6.45) is 1.27. The van der Waals surface area contributed by atoms with E-state index in [-0.39, 0.29) is 0 Å². The quantitative estimate of drug-likeness (QED) is 0.213. The van der Waals surface area contributed by atoms with Gasteiger partial charge in [-0.2, -0.15) is 5.10 Å². The van der Waals surface area contributed by atoms with Gasteiger partial charge in [-0.1, -0.05) is 0 Å². The topological polar surface area (TPSA) is 50.7 Å². The molecule has 0 atom stereocenters. The summed E-state index contributed by atoms with van der Waals surface area (Å²) in [5.74, 6) is 4.67. The van der Waals surface area contributed by atoms with Gasteiger partial charge in [0.2, 0.25) is 0 Å². The Hall–Kier alpha value is -0.130. The Bertz CT molecular complexity index is 57.2. The molecule has 3 nitrogen and oxygen atoms in total. The molecule has 0 aliphatic rings. The molecule has 0 saturated heterocycles. The van der Waals surface area contributed by atoms with E-state index in [0.29, 0.717) is 0 Å². The van der Waals surface area contributed by atoms with E-state index in [1.807, 2.05) is 22.6 Å². The van der Waals surface area contributed by atoms with Gasteiger partial charge in [0.05, 0.1) is 4.22 Å². The van der Waals surface area contributed by atoms with E-state index in [9.17, 15) is 0 Å². The monoisotopic (exact) mass is 197 g/mol. The first-order valence-electron chi connectivity index (χ1n) is 1.25. The van der Waals surface area contributed by atoms with E-state index in [1.165, 1.54) is 6.34 Å². The zero-order chi connectivity index (χ0) is 4.83. The van der Waals surface area contributed by atoms with Crippen molar-refractivity contribution < 1.29 is 0 Å². The molecule has 0 aliphatic heterocycles. The smallest absolute Gasteiger partial charge is 0.135 e. The maximum Gasteiger partial charge on any atom is 0.135 e. The van der Waals surface area contributed by atoms with E-state index in [0.717, 1.165) is 0 Å². The predicted octanol–water partition coefficient (Wildman–Crippen LogP) is 0.352. The molecule has 0 spiro atoms. The SMILES string of the molecule is N/N=C\N=C/I. The molecule has 6 heavy (non-hydrogen) atoms. The third kappa shape index (κ3) is 3.87. The molecule has 0 radical (unpaired) electrons. The van der Waals surface area contributed by atoms with Gasteiger partial charge in [-0.05, 0) is 22.6 Å². The molecular weight excluding hydrogens is 193 g/mol. The van der Waals surface area contributed by atoms with Gasteiger partial charge >= 0.3 is 0 Å². The highest BCUT2D eigenvalue weighted by Gasteiger charge is 1.50. The lowest BCUT2D eigenvalue weighted by Gasteiger charge is -1.64.